The summed E-state index contributed by atoms with van der Waals surface area (Å²) in [5.74, 6) is 0.301. The number of hydrogen-bond acceptors (Lipinski definition) is 2. The lowest BCUT2D eigenvalue weighted by molar-refractivity contribution is -0.139. The van der Waals surface area contributed by atoms with Crippen LogP contribution >= 0.6 is 36.4 Å². The van der Waals surface area contributed by atoms with Gasteiger partial charge in [0.15, 0.2) is 0 Å². The van der Waals surface area contributed by atoms with E-state index in [0.717, 1.165) is 57.9 Å². The number of hydrogen-bond donors (Lipinski definition) is 1. The van der Waals surface area contributed by atoms with Crippen molar-refractivity contribution in [1.29, 1.82) is 0 Å². The van der Waals surface area contributed by atoms with Crippen LogP contribution in [-0.2, 0) is 6.18 Å². The van der Waals surface area contributed by atoms with Crippen molar-refractivity contribution in [3.05, 3.63) is 34.3 Å². The molecule has 0 aromatic heterocycles. The Hall–Kier alpha value is -0.200. The summed E-state index contributed by atoms with van der Waals surface area (Å²) in [6.07, 6.45) is -0.126. The lowest BCUT2D eigenvalue weighted by Crippen LogP contribution is -2.47. The van der Waals surface area contributed by atoms with Crippen molar-refractivity contribution in [2.45, 2.75) is 37.9 Å². The van der Waals surface area contributed by atoms with Crippen LogP contribution in [0.25, 0.3) is 0 Å². The largest absolute Gasteiger partial charge is 0.416 e. The number of nitrogens with one attached hydrogen (secondary N) is 1. The molecule has 1 heterocycles. The van der Waals surface area contributed by atoms with Crippen LogP contribution in [0.15, 0.2) is 18.2 Å². The van der Waals surface area contributed by atoms with E-state index in [0.29, 0.717) is 11.5 Å². The third-order valence-corrected chi connectivity index (χ3v) is 5.27. The van der Waals surface area contributed by atoms with Crippen LogP contribution in [0, 0.1) is 5.92 Å². The third kappa shape index (κ3) is 5.39. The fourth-order valence-electron chi connectivity index (χ4n) is 4.01. The maximum Gasteiger partial charge on any atom is 0.416 e. The van der Waals surface area contributed by atoms with E-state index in [4.69, 9.17) is 11.6 Å². The van der Waals surface area contributed by atoms with Crippen LogP contribution < -0.4 is 5.32 Å². The van der Waals surface area contributed by atoms with Crippen molar-refractivity contribution < 1.29 is 13.2 Å². The quantitative estimate of drug-likeness (QED) is 0.711. The molecule has 0 bridgehead atoms. The van der Waals surface area contributed by atoms with Crippen LogP contribution in [-0.4, -0.2) is 31.1 Å². The summed E-state index contributed by atoms with van der Waals surface area (Å²) in [6.45, 7) is 3.25. The third-order valence-electron chi connectivity index (χ3n) is 5.03. The lowest BCUT2D eigenvalue weighted by Gasteiger charge is -2.39. The molecular formula is C17H24Cl3F3N2. The molecular weight excluding hydrogens is 396 g/mol. The molecule has 8 heteroatoms. The van der Waals surface area contributed by atoms with Gasteiger partial charge in [-0.3, -0.25) is 4.90 Å². The van der Waals surface area contributed by atoms with Crippen LogP contribution in [0.5, 0.6) is 0 Å². The van der Waals surface area contributed by atoms with Gasteiger partial charge < -0.3 is 5.32 Å². The van der Waals surface area contributed by atoms with Gasteiger partial charge in [0.25, 0.3) is 0 Å². The molecule has 0 radical (unpaired) electrons. The second kappa shape index (κ2) is 9.65. The van der Waals surface area contributed by atoms with Gasteiger partial charge in [-0.1, -0.05) is 30.5 Å². The van der Waals surface area contributed by atoms with Gasteiger partial charge in [-0.05, 0) is 36.5 Å². The lowest BCUT2D eigenvalue weighted by atomic mass is 9.87. The van der Waals surface area contributed by atoms with Gasteiger partial charge in [-0.15, -0.1) is 24.8 Å². The highest BCUT2D eigenvalue weighted by molar-refractivity contribution is 6.30. The normalized spacial score (nSPS) is 20.6. The minimum Gasteiger partial charge on any atom is -0.314 e. The molecule has 144 valence electrons. The van der Waals surface area contributed by atoms with E-state index in [1.54, 1.807) is 12.1 Å². The predicted octanol–water partition coefficient (Wildman–Crippen LogP) is 5.34. The maximum atomic E-state index is 13.6. The summed E-state index contributed by atoms with van der Waals surface area (Å²) in [4.78, 5) is 2.23. The van der Waals surface area contributed by atoms with E-state index in [1.165, 1.54) is 0 Å². The molecule has 3 rings (SSSR count). The Kier molecular flexibility index (Phi) is 8.82. The first-order chi connectivity index (χ1) is 11.0. The molecule has 2 nitrogen and oxygen atoms in total. The molecule has 0 spiro atoms. The molecule has 1 atom stereocenters. The first-order valence-corrected chi connectivity index (χ1v) is 8.66. The molecule has 1 aliphatic carbocycles. The van der Waals surface area contributed by atoms with Gasteiger partial charge in [0, 0.05) is 37.2 Å². The van der Waals surface area contributed by atoms with Crippen molar-refractivity contribution in [3.8, 4) is 0 Å². The van der Waals surface area contributed by atoms with Crippen molar-refractivity contribution in [1.82, 2.24) is 10.2 Å². The summed E-state index contributed by atoms with van der Waals surface area (Å²) in [6, 6.07) is 4.11. The molecule has 1 aliphatic heterocycles. The Morgan fingerprint density at radius 2 is 1.68 bits per heavy atom. The molecule has 1 aromatic carbocycles. The summed E-state index contributed by atoms with van der Waals surface area (Å²) in [5.41, 5.74) is -0.170. The minimum atomic E-state index is -4.37. The summed E-state index contributed by atoms with van der Waals surface area (Å²) in [7, 11) is 0. The highest BCUT2D eigenvalue weighted by Crippen LogP contribution is 2.44. The van der Waals surface area contributed by atoms with Gasteiger partial charge in [-0.25, -0.2) is 0 Å². The Bertz CT molecular complexity index is 542. The van der Waals surface area contributed by atoms with Gasteiger partial charge >= 0.3 is 6.18 Å². The van der Waals surface area contributed by atoms with Crippen molar-refractivity contribution in [3.63, 3.8) is 0 Å². The fraction of sp³-hybridized carbons (Fsp3) is 0.647. The SMILES string of the molecule is Cl.Cl.FC(F)(F)c1cc(Cl)ccc1[C@H](C1CCCC1)N1CCNCC1. The van der Waals surface area contributed by atoms with Crippen molar-refractivity contribution in [2.75, 3.05) is 26.2 Å². The van der Waals surface area contributed by atoms with Gasteiger partial charge in [0.05, 0.1) is 5.56 Å². The zero-order chi connectivity index (χ0) is 16.4. The maximum absolute atomic E-state index is 13.6. The number of benzene rings is 1. The Labute approximate surface area is 164 Å². The average molecular weight is 420 g/mol. The number of piperazine rings is 1. The average Bonchev–Trinajstić information content (AvgIpc) is 3.03. The predicted molar refractivity (Wildman–Crippen MR) is 100 cm³/mol. The van der Waals surface area contributed by atoms with Crippen molar-refractivity contribution >= 4 is 36.4 Å². The summed E-state index contributed by atoms with van der Waals surface area (Å²) >= 11 is 5.85. The summed E-state index contributed by atoms with van der Waals surface area (Å²) in [5, 5.41) is 3.43. The van der Waals surface area contributed by atoms with E-state index in [1.807, 2.05) is 0 Å². The zero-order valence-electron chi connectivity index (χ0n) is 13.8. The number of alkyl halides is 3. The zero-order valence-corrected chi connectivity index (χ0v) is 16.2. The second-order valence-corrected chi connectivity index (χ2v) is 6.94. The highest BCUT2D eigenvalue weighted by Gasteiger charge is 2.40. The van der Waals surface area contributed by atoms with Gasteiger partial charge in [0.2, 0.25) is 0 Å². The molecule has 1 aromatic rings. The van der Waals surface area contributed by atoms with Crippen molar-refractivity contribution in [2.24, 2.45) is 5.92 Å². The van der Waals surface area contributed by atoms with Crippen LogP contribution in [0.2, 0.25) is 5.02 Å². The van der Waals surface area contributed by atoms with Gasteiger partial charge in [0.1, 0.15) is 0 Å². The van der Waals surface area contributed by atoms with Crippen LogP contribution in [0.1, 0.15) is 42.9 Å². The fourth-order valence-corrected chi connectivity index (χ4v) is 4.19. The summed E-state index contributed by atoms with van der Waals surface area (Å²) < 4.78 is 40.7. The Morgan fingerprint density at radius 1 is 1.08 bits per heavy atom. The van der Waals surface area contributed by atoms with E-state index in [9.17, 15) is 13.2 Å². The molecule has 25 heavy (non-hydrogen) atoms. The topological polar surface area (TPSA) is 15.3 Å². The monoisotopic (exact) mass is 418 g/mol. The molecule has 2 aliphatic rings. The number of halogens is 6. The molecule has 1 saturated heterocycles. The van der Waals surface area contributed by atoms with Crippen LogP contribution in [0.4, 0.5) is 13.2 Å². The van der Waals surface area contributed by atoms with Gasteiger partial charge in [-0.2, -0.15) is 13.2 Å². The minimum absolute atomic E-state index is 0. The Balaban J connectivity index is 0.00000156. The number of rotatable bonds is 3. The first-order valence-electron chi connectivity index (χ1n) is 8.28. The standard InChI is InChI=1S/C17H22ClF3N2.2ClH/c18-13-5-6-14(15(11-13)17(19,20)21)16(12-3-1-2-4-12)23-9-7-22-8-10-23;;/h5-6,11-12,16,22H,1-4,7-10H2;2*1H/t16-;;/m0../s1. The molecule has 0 amide bonds. The first kappa shape index (κ1) is 22.8. The van der Waals surface area contributed by atoms with E-state index < -0.39 is 11.7 Å². The van der Waals surface area contributed by atoms with E-state index >= 15 is 0 Å². The van der Waals surface area contributed by atoms with E-state index in [2.05, 4.69) is 10.2 Å². The molecule has 0 unspecified atom stereocenters. The molecule has 1 saturated carbocycles. The second-order valence-electron chi connectivity index (χ2n) is 6.50. The number of nitrogens with zero attached hydrogens (tertiary/aromatic N) is 1. The van der Waals surface area contributed by atoms with Crippen LogP contribution in [0.3, 0.4) is 0 Å². The van der Waals surface area contributed by atoms with E-state index in [-0.39, 0.29) is 35.9 Å². The highest BCUT2D eigenvalue weighted by atomic mass is 35.5. The molecule has 1 N–H and O–H groups in total. The molecule has 2 fully saturated rings. The smallest absolute Gasteiger partial charge is 0.314 e. The Morgan fingerprint density at radius 3 is 2.24 bits per heavy atom.